The van der Waals surface area contributed by atoms with Crippen molar-refractivity contribution in [2.45, 2.75) is 13.0 Å². The summed E-state index contributed by atoms with van der Waals surface area (Å²) in [6, 6.07) is 3.55. The summed E-state index contributed by atoms with van der Waals surface area (Å²) in [6.07, 6.45) is -0.00950. The Labute approximate surface area is 117 Å². The average molecular weight is 279 g/mol. The van der Waals surface area contributed by atoms with Crippen molar-refractivity contribution in [3.05, 3.63) is 17.7 Å². The molecule has 0 N–H and O–H groups in total. The van der Waals surface area contributed by atoms with Crippen molar-refractivity contribution in [3.8, 4) is 17.2 Å². The molecule has 1 aromatic rings. The molecule has 0 atom stereocenters. The number of hydrogen-bond acceptors (Lipinski definition) is 5. The Balaban J connectivity index is 2.28. The lowest BCUT2D eigenvalue weighted by atomic mass is 10.1. The normalized spacial score (nSPS) is 14.7. The van der Waals surface area contributed by atoms with Crippen LogP contribution in [0.25, 0.3) is 0 Å². The molecule has 1 fully saturated rings. The monoisotopic (exact) mass is 279 g/mol. The highest BCUT2D eigenvalue weighted by molar-refractivity contribution is 6.05. The SMILES string of the molecule is COc1cc(CN2CC(=O)CC2=O)cc(OC)c1OC. The average Bonchev–Trinajstić information content (AvgIpc) is 2.75. The molecule has 1 saturated heterocycles. The molecule has 0 saturated carbocycles. The molecule has 0 radical (unpaired) electrons. The molecule has 1 heterocycles. The van der Waals surface area contributed by atoms with Crippen LogP contribution in [-0.2, 0) is 16.1 Å². The van der Waals surface area contributed by atoms with Crippen molar-refractivity contribution in [3.63, 3.8) is 0 Å². The van der Waals surface area contributed by atoms with Crippen molar-refractivity contribution >= 4 is 11.7 Å². The number of carbonyl (C=O) groups is 2. The smallest absolute Gasteiger partial charge is 0.230 e. The van der Waals surface area contributed by atoms with Gasteiger partial charge in [-0.1, -0.05) is 0 Å². The number of likely N-dealkylation sites (tertiary alicyclic amines) is 1. The van der Waals surface area contributed by atoms with Gasteiger partial charge >= 0.3 is 0 Å². The second-order valence-corrected chi connectivity index (χ2v) is 4.50. The van der Waals surface area contributed by atoms with Gasteiger partial charge in [0.2, 0.25) is 11.7 Å². The Morgan fingerprint density at radius 3 is 2.05 bits per heavy atom. The van der Waals surface area contributed by atoms with Gasteiger partial charge in [-0.15, -0.1) is 0 Å². The Morgan fingerprint density at radius 2 is 1.65 bits per heavy atom. The number of benzene rings is 1. The quantitative estimate of drug-likeness (QED) is 0.753. The van der Waals surface area contributed by atoms with E-state index in [1.165, 1.54) is 26.2 Å². The van der Waals surface area contributed by atoms with Crippen LogP contribution in [0.5, 0.6) is 17.2 Å². The van der Waals surface area contributed by atoms with Crippen LogP contribution < -0.4 is 14.2 Å². The number of hydrogen-bond donors (Lipinski definition) is 0. The molecular formula is C14H17NO5. The van der Waals surface area contributed by atoms with Crippen molar-refractivity contribution in [1.82, 2.24) is 4.90 Å². The second kappa shape index (κ2) is 5.81. The lowest BCUT2D eigenvalue weighted by Crippen LogP contribution is -2.24. The van der Waals surface area contributed by atoms with Crippen LogP contribution in [0.2, 0.25) is 0 Å². The van der Waals surface area contributed by atoms with Gasteiger partial charge in [-0.2, -0.15) is 0 Å². The van der Waals surface area contributed by atoms with Gasteiger partial charge in [-0.05, 0) is 17.7 Å². The summed E-state index contributed by atoms with van der Waals surface area (Å²) in [4.78, 5) is 24.4. The maximum absolute atomic E-state index is 11.6. The molecule has 0 bridgehead atoms. The molecule has 0 spiro atoms. The molecule has 1 amide bonds. The minimum atomic E-state index is -0.149. The largest absolute Gasteiger partial charge is 0.493 e. The van der Waals surface area contributed by atoms with Gasteiger partial charge in [0.25, 0.3) is 0 Å². The third-order valence-corrected chi connectivity index (χ3v) is 3.17. The molecule has 1 aliphatic heterocycles. The number of nitrogens with zero attached hydrogens (tertiary/aromatic N) is 1. The van der Waals surface area contributed by atoms with E-state index < -0.39 is 0 Å². The molecule has 1 aromatic carbocycles. The summed E-state index contributed by atoms with van der Waals surface area (Å²) >= 11 is 0. The van der Waals surface area contributed by atoms with Gasteiger partial charge in [-0.3, -0.25) is 9.59 Å². The van der Waals surface area contributed by atoms with E-state index in [-0.39, 0.29) is 24.7 Å². The van der Waals surface area contributed by atoms with Crippen molar-refractivity contribution in [2.24, 2.45) is 0 Å². The van der Waals surface area contributed by atoms with Gasteiger partial charge in [0.1, 0.15) is 0 Å². The molecule has 6 nitrogen and oxygen atoms in total. The Morgan fingerprint density at radius 1 is 1.05 bits per heavy atom. The van der Waals surface area contributed by atoms with E-state index in [0.29, 0.717) is 23.8 Å². The van der Waals surface area contributed by atoms with E-state index >= 15 is 0 Å². The van der Waals surface area contributed by atoms with Gasteiger partial charge in [-0.25, -0.2) is 0 Å². The maximum atomic E-state index is 11.6. The Kier molecular flexibility index (Phi) is 4.12. The number of carbonyl (C=O) groups excluding carboxylic acids is 2. The zero-order chi connectivity index (χ0) is 14.7. The van der Waals surface area contributed by atoms with Crippen LogP contribution in [0.3, 0.4) is 0 Å². The number of ketones is 1. The fourth-order valence-electron chi connectivity index (χ4n) is 2.23. The number of amides is 1. The lowest BCUT2D eigenvalue weighted by molar-refractivity contribution is -0.128. The first-order valence-corrected chi connectivity index (χ1v) is 6.17. The molecule has 108 valence electrons. The molecule has 6 heteroatoms. The van der Waals surface area contributed by atoms with E-state index in [1.807, 2.05) is 0 Å². The topological polar surface area (TPSA) is 65.1 Å². The number of ether oxygens (including phenoxy) is 3. The maximum Gasteiger partial charge on any atom is 0.230 e. The number of rotatable bonds is 5. The van der Waals surface area contributed by atoms with E-state index in [9.17, 15) is 9.59 Å². The summed E-state index contributed by atoms with van der Waals surface area (Å²) in [5, 5.41) is 0. The van der Waals surface area contributed by atoms with Crippen LogP contribution >= 0.6 is 0 Å². The van der Waals surface area contributed by atoms with Crippen LogP contribution in [0.4, 0.5) is 0 Å². The van der Waals surface area contributed by atoms with Gasteiger partial charge in [0.15, 0.2) is 17.3 Å². The van der Waals surface area contributed by atoms with E-state index in [4.69, 9.17) is 14.2 Å². The van der Waals surface area contributed by atoms with Gasteiger partial charge < -0.3 is 19.1 Å². The van der Waals surface area contributed by atoms with Crippen LogP contribution in [0.1, 0.15) is 12.0 Å². The zero-order valence-electron chi connectivity index (χ0n) is 11.8. The predicted molar refractivity (Wildman–Crippen MR) is 71.1 cm³/mol. The minimum Gasteiger partial charge on any atom is -0.493 e. The van der Waals surface area contributed by atoms with Crippen LogP contribution in [-0.4, -0.2) is 44.5 Å². The highest BCUT2D eigenvalue weighted by Gasteiger charge is 2.27. The Hall–Kier alpha value is -2.24. The van der Waals surface area contributed by atoms with Gasteiger partial charge in [0, 0.05) is 6.54 Å². The molecule has 0 aliphatic carbocycles. The molecule has 0 aromatic heterocycles. The highest BCUT2D eigenvalue weighted by Crippen LogP contribution is 2.38. The van der Waals surface area contributed by atoms with Crippen molar-refractivity contribution < 1.29 is 23.8 Å². The molecule has 0 unspecified atom stereocenters. The molecular weight excluding hydrogens is 262 g/mol. The zero-order valence-corrected chi connectivity index (χ0v) is 11.8. The first kappa shape index (κ1) is 14.2. The third-order valence-electron chi connectivity index (χ3n) is 3.17. The van der Waals surface area contributed by atoms with Crippen molar-refractivity contribution in [2.75, 3.05) is 27.9 Å². The first-order chi connectivity index (χ1) is 9.58. The van der Waals surface area contributed by atoms with Crippen LogP contribution in [0, 0.1) is 0 Å². The van der Waals surface area contributed by atoms with Crippen LogP contribution in [0.15, 0.2) is 12.1 Å². The second-order valence-electron chi connectivity index (χ2n) is 4.50. The molecule has 2 rings (SSSR count). The van der Waals surface area contributed by atoms with Crippen molar-refractivity contribution in [1.29, 1.82) is 0 Å². The standard InChI is InChI=1S/C14H17NO5/c1-18-11-4-9(5-12(19-2)14(11)20-3)7-15-8-10(16)6-13(15)17/h4-5H,6-8H2,1-3H3. The number of methoxy groups -OCH3 is 3. The fraction of sp³-hybridized carbons (Fsp3) is 0.429. The lowest BCUT2D eigenvalue weighted by Gasteiger charge is -2.18. The van der Waals surface area contributed by atoms with E-state index in [2.05, 4.69) is 0 Å². The van der Waals surface area contributed by atoms with Gasteiger partial charge in [0.05, 0.1) is 34.3 Å². The highest BCUT2D eigenvalue weighted by atomic mass is 16.5. The Bertz CT molecular complexity index is 515. The molecule has 20 heavy (non-hydrogen) atoms. The number of Topliss-reactive ketones (excluding diaryl/α,β-unsaturated/α-hetero) is 1. The third kappa shape index (κ3) is 2.68. The van der Waals surface area contributed by atoms with E-state index in [0.717, 1.165) is 5.56 Å². The van der Waals surface area contributed by atoms with E-state index in [1.54, 1.807) is 12.1 Å². The summed E-state index contributed by atoms with van der Waals surface area (Å²) in [5.74, 6) is 1.36. The summed E-state index contributed by atoms with van der Waals surface area (Å²) in [5.41, 5.74) is 0.822. The summed E-state index contributed by atoms with van der Waals surface area (Å²) in [6.45, 7) is 0.511. The summed E-state index contributed by atoms with van der Waals surface area (Å²) in [7, 11) is 4.60. The molecule has 1 aliphatic rings. The first-order valence-electron chi connectivity index (χ1n) is 6.17. The fourth-order valence-corrected chi connectivity index (χ4v) is 2.23. The minimum absolute atomic E-state index is 0.00950. The predicted octanol–water partition coefficient (Wildman–Crippen LogP) is 1.01. The summed E-state index contributed by atoms with van der Waals surface area (Å²) < 4.78 is 15.7.